The van der Waals surface area contributed by atoms with Crippen LogP contribution < -0.4 is 10.1 Å². The first-order valence-electron chi connectivity index (χ1n) is 6.66. The van der Waals surface area contributed by atoms with Crippen LogP contribution in [0.25, 0.3) is 0 Å². The molecule has 0 radical (unpaired) electrons. The van der Waals surface area contributed by atoms with Crippen LogP contribution in [0.3, 0.4) is 0 Å². The third-order valence-corrected chi connectivity index (χ3v) is 3.58. The molecule has 1 N–H and O–H groups in total. The third-order valence-electron chi connectivity index (χ3n) is 2.73. The zero-order valence-corrected chi connectivity index (χ0v) is 13.1. The zero-order chi connectivity index (χ0) is 17.7. The van der Waals surface area contributed by atoms with Crippen molar-refractivity contribution in [2.75, 3.05) is 5.32 Å². The predicted molar refractivity (Wildman–Crippen MR) is 81.0 cm³/mol. The summed E-state index contributed by atoms with van der Waals surface area (Å²) in [5.74, 6) is -1.64. The summed E-state index contributed by atoms with van der Waals surface area (Å²) in [5.41, 5.74) is 0.244. The standard InChI is InChI=1S/C15H12F3NO4S/c1-9(22-14(21)12-3-2-8-24-12)13(20)19-10-4-6-11(7-5-10)23-15(16,17)18/h2-9H,1H3,(H,19,20). The number of hydrogen-bond donors (Lipinski definition) is 1. The number of halogens is 3. The maximum Gasteiger partial charge on any atom is 0.573 e. The first kappa shape index (κ1) is 17.8. The molecule has 128 valence electrons. The molecule has 0 spiro atoms. The molecule has 1 unspecified atom stereocenters. The fourth-order valence-corrected chi connectivity index (χ4v) is 2.26. The number of alkyl halides is 3. The average Bonchev–Trinajstić information content (AvgIpc) is 3.02. The van der Waals surface area contributed by atoms with Gasteiger partial charge in [0.05, 0.1) is 0 Å². The van der Waals surface area contributed by atoms with E-state index in [0.29, 0.717) is 4.88 Å². The predicted octanol–water partition coefficient (Wildman–Crippen LogP) is 3.83. The fraction of sp³-hybridized carbons (Fsp3) is 0.200. The van der Waals surface area contributed by atoms with Crippen molar-refractivity contribution in [2.45, 2.75) is 19.4 Å². The van der Waals surface area contributed by atoms with Gasteiger partial charge in [-0.15, -0.1) is 24.5 Å². The van der Waals surface area contributed by atoms with E-state index in [1.165, 1.54) is 30.4 Å². The number of esters is 1. The molecule has 1 aromatic heterocycles. The Balaban J connectivity index is 1.90. The molecular weight excluding hydrogens is 347 g/mol. The molecule has 9 heteroatoms. The molecule has 2 rings (SSSR count). The Hall–Kier alpha value is -2.55. The van der Waals surface area contributed by atoms with Crippen LogP contribution in [0.1, 0.15) is 16.6 Å². The Bertz CT molecular complexity index is 699. The molecule has 0 bridgehead atoms. The van der Waals surface area contributed by atoms with Crippen LogP contribution in [-0.2, 0) is 9.53 Å². The Morgan fingerprint density at radius 1 is 1.17 bits per heavy atom. The highest BCUT2D eigenvalue weighted by Crippen LogP contribution is 2.24. The molecule has 1 heterocycles. The highest BCUT2D eigenvalue weighted by molar-refractivity contribution is 7.11. The van der Waals surface area contributed by atoms with Gasteiger partial charge in [0.25, 0.3) is 5.91 Å². The first-order chi connectivity index (χ1) is 11.2. The monoisotopic (exact) mass is 359 g/mol. The van der Waals surface area contributed by atoms with E-state index in [1.54, 1.807) is 17.5 Å². The van der Waals surface area contributed by atoms with E-state index < -0.39 is 30.1 Å². The van der Waals surface area contributed by atoms with Gasteiger partial charge >= 0.3 is 12.3 Å². The van der Waals surface area contributed by atoms with Crippen molar-refractivity contribution in [1.29, 1.82) is 0 Å². The Morgan fingerprint density at radius 3 is 2.38 bits per heavy atom. The van der Waals surface area contributed by atoms with E-state index in [9.17, 15) is 22.8 Å². The minimum absolute atomic E-state index is 0.244. The van der Waals surface area contributed by atoms with Gasteiger partial charge in [-0.05, 0) is 42.6 Å². The van der Waals surface area contributed by atoms with Crippen LogP contribution in [0, 0.1) is 0 Å². The van der Waals surface area contributed by atoms with E-state index >= 15 is 0 Å². The molecular formula is C15H12F3NO4S. The maximum absolute atomic E-state index is 12.1. The Labute approximate surface area is 139 Å². The molecule has 24 heavy (non-hydrogen) atoms. The molecule has 1 aromatic carbocycles. The summed E-state index contributed by atoms with van der Waals surface area (Å²) >= 11 is 1.18. The second-order valence-electron chi connectivity index (χ2n) is 4.59. The largest absolute Gasteiger partial charge is 0.573 e. The number of carbonyl (C=O) groups excluding carboxylic acids is 2. The van der Waals surface area contributed by atoms with Crippen molar-refractivity contribution >= 4 is 28.9 Å². The van der Waals surface area contributed by atoms with Crippen LogP contribution in [0.4, 0.5) is 18.9 Å². The zero-order valence-electron chi connectivity index (χ0n) is 12.3. The molecule has 0 saturated carbocycles. The maximum atomic E-state index is 12.1. The third kappa shape index (κ3) is 5.27. The molecule has 0 saturated heterocycles. The van der Waals surface area contributed by atoms with E-state index in [-0.39, 0.29) is 5.69 Å². The van der Waals surface area contributed by atoms with Gasteiger partial charge in [-0.3, -0.25) is 4.79 Å². The summed E-state index contributed by atoms with van der Waals surface area (Å²) in [6.07, 6.45) is -5.85. The molecule has 0 aliphatic heterocycles. The smallest absolute Gasteiger partial charge is 0.448 e. The van der Waals surface area contributed by atoms with E-state index in [0.717, 1.165) is 12.1 Å². The summed E-state index contributed by atoms with van der Waals surface area (Å²) in [6.45, 7) is 1.39. The van der Waals surface area contributed by atoms with Crippen molar-refractivity contribution in [2.24, 2.45) is 0 Å². The summed E-state index contributed by atoms with van der Waals surface area (Å²) in [5, 5.41) is 4.13. The SMILES string of the molecule is CC(OC(=O)c1cccs1)C(=O)Nc1ccc(OC(F)(F)F)cc1. The minimum atomic E-state index is -4.78. The summed E-state index contributed by atoms with van der Waals surface area (Å²) in [7, 11) is 0. The van der Waals surface area contributed by atoms with Crippen LogP contribution >= 0.6 is 11.3 Å². The lowest BCUT2D eigenvalue weighted by Gasteiger charge is -2.13. The van der Waals surface area contributed by atoms with Crippen LogP contribution in [0.15, 0.2) is 41.8 Å². The van der Waals surface area contributed by atoms with Gasteiger partial charge in [-0.2, -0.15) is 0 Å². The van der Waals surface area contributed by atoms with Gasteiger partial charge < -0.3 is 14.8 Å². The fourth-order valence-electron chi connectivity index (χ4n) is 1.65. The lowest BCUT2D eigenvalue weighted by molar-refractivity contribution is -0.274. The van der Waals surface area contributed by atoms with Crippen molar-refractivity contribution < 1.29 is 32.2 Å². The lowest BCUT2D eigenvalue weighted by Crippen LogP contribution is -2.29. The average molecular weight is 359 g/mol. The van der Waals surface area contributed by atoms with Crippen LogP contribution in [0.5, 0.6) is 5.75 Å². The normalized spacial score (nSPS) is 12.3. The molecule has 5 nitrogen and oxygen atoms in total. The van der Waals surface area contributed by atoms with E-state index in [1.807, 2.05) is 0 Å². The number of thiophene rings is 1. The Morgan fingerprint density at radius 2 is 1.83 bits per heavy atom. The molecule has 1 amide bonds. The lowest BCUT2D eigenvalue weighted by atomic mass is 10.3. The number of rotatable bonds is 5. The van der Waals surface area contributed by atoms with Gasteiger partial charge in [0.2, 0.25) is 0 Å². The molecule has 1 atom stereocenters. The van der Waals surface area contributed by atoms with Gasteiger partial charge in [0.1, 0.15) is 10.6 Å². The number of ether oxygens (including phenoxy) is 2. The quantitative estimate of drug-likeness (QED) is 0.824. The summed E-state index contributed by atoms with van der Waals surface area (Å²) in [6, 6.07) is 7.85. The second-order valence-corrected chi connectivity index (χ2v) is 5.53. The number of anilines is 1. The minimum Gasteiger partial charge on any atom is -0.448 e. The molecule has 0 aliphatic rings. The van der Waals surface area contributed by atoms with Crippen molar-refractivity contribution in [1.82, 2.24) is 0 Å². The van der Waals surface area contributed by atoms with Gasteiger partial charge in [0.15, 0.2) is 6.10 Å². The topological polar surface area (TPSA) is 64.6 Å². The number of hydrogen-bond acceptors (Lipinski definition) is 5. The van der Waals surface area contributed by atoms with Gasteiger partial charge in [-0.25, -0.2) is 4.79 Å². The van der Waals surface area contributed by atoms with Crippen molar-refractivity contribution in [3.63, 3.8) is 0 Å². The first-order valence-corrected chi connectivity index (χ1v) is 7.54. The van der Waals surface area contributed by atoms with E-state index in [2.05, 4.69) is 10.1 Å². The van der Waals surface area contributed by atoms with E-state index in [4.69, 9.17) is 4.74 Å². The number of benzene rings is 1. The highest BCUT2D eigenvalue weighted by atomic mass is 32.1. The van der Waals surface area contributed by atoms with Crippen molar-refractivity contribution in [3.05, 3.63) is 46.7 Å². The van der Waals surface area contributed by atoms with Gasteiger partial charge in [-0.1, -0.05) is 6.07 Å². The second kappa shape index (κ2) is 7.35. The summed E-state index contributed by atoms with van der Waals surface area (Å²) in [4.78, 5) is 24.0. The summed E-state index contributed by atoms with van der Waals surface area (Å²) < 4.78 is 44.9. The Kier molecular flexibility index (Phi) is 5.45. The highest BCUT2D eigenvalue weighted by Gasteiger charge is 2.31. The molecule has 0 fully saturated rings. The molecule has 2 aromatic rings. The number of carbonyl (C=O) groups is 2. The van der Waals surface area contributed by atoms with Crippen LogP contribution in [0.2, 0.25) is 0 Å². The van der Waals surface area contributed by atoms with Crippen molar-refractivity contribution in [3.8, 4) is 5.75 Å². The number of nitrogens with one attached hydrogen (secondary N) is 1. The van der Waals surface area contributed by atoms with Gasteiger partial charge in [0, 0.05) is 5.69 Å². The molecule has 0 aliphatic carbocycles. The van der Waals surface area contributed by atoms with Crippen LogP contribution in [-0.4, -0.2) is 24.3 Å². The number of amides is 1.